The fourth-order valence-electron chi connectivity index (χ4n) is 1.62. The number of hydrogen-bond donors (Lipinski definition) is 1. The molecule has 0 saturated heterocycles. The van der Waals surface area contributed by atoms with E-state index in [2.05, 4.69) is 31.6 Å². The summed E-state index contributed by atoms with van der Waals surface area (Å²) < 4.78 is 5.79. The van der Waals surface area contributed by atoms with Crippen LogP contribution in [0.4, 0.5) is 5.69 Å². The number of hydrogen-bond acceptors (Lipinski definition) is 5. The van der Waals surface area contributed by atoms with Gasteiger partial charge in [0, 0.05) is 4.47 Å². The van der Waals surface area contributed by atoms with Gasteiger partial charge in [0.15, 0.2) is 0 Å². The van der Waals surface area contributed by atoms with Crippen molar-refractivity contribution >= 4 is 33.7 Å². The highest BCUT2D eigenvalue weighted by Gasteiger charge is 2.09. The molecule has 0 aliphatic carbocycles. The standard InChI is InChI=1S/C14H14BrN3O3/c1-9-11(10(2)21-18-9)8-20-16-7-14(19)17-13-6-4-3-5-12(13)15/h3-7H,8H2,1-2H3,(H,17,19)/b16-7+. The maximum absolute atomic E-state index is 11.7. The second kappa shape index (κ2) is 7.03. The minimum atomic E-state index is -0.374. The van der Waals surface area contributed by atoms with E-state index in [1.54, 1.807) is 13.0 Å². The second-order valence-corrected chi connectivity index (χ2v) is 5.13. The Bertz CT molecular complexity index is 648. The zero-order valence-electron chi connectivity index (χ0n) is 11.6. The van der Waals surface area contributed by atoms with Gasteiger partial charge in [0.25, 0.3) is 5.91 Å². The molecule has 110 valence electrons. The highest BCUT2D eigenvalue weighted by molar-refractivity contribution is 9.10. The smallest absolute Gasteiger partial charge is 0.270 e. The normalized spacial score (nSPS) is 10.8. The molecule has 1 amide bonds. The van der Waals surface area contributed by atoms with Crippen molar-refractivity contribution in [3.05, 3.63) is 45.8 Å². The number of amides is 1. The molecule has 1 aromatic heterocycles. The molecule has 1 N–H and O–H groups in total. The lowest BCUT2D eigenvalue weighted by molar-refractivity contribution is -0.110. The maximum Gasteiger partial charge on any atom is 0.270 e. The number of benzene rings is 1. The minimum Gasteiger partial charge on any atom is -0.391 e. The van der Waals surface area contributed by atoms with Crippen molar-refractivity contribution in [3.63, 3.8) is 0 Å². The molecule has 2 rings (SSSR count). The van der Waals surface area contributed by atoms with E-state index in [1.807, 2.05) is 25.1 Å². The summed E-state index contributed by atoms with van der Waals surface area (Å²) in [6, 6.07) is 7.30. The number of nitrogens with one attached hydrogen (secondary N) is 1. The Balaban J connectivity index is 1.85. The van der Waals surface area contributed by atoms with Gasteiger partial charge in [-0.1, -0.05) is 22.4 Å². The van der Waals surface area contributed by atoms with Gasteiger partial charge in [-0.2, -0.15) is 0 Å². The zero-order valence-corrected chi connectivity index (χ0v) is 13.2. The molecule has 7 heteroatoms. The van der Waals surface area contributed by atoms with Crippen LogP contribution in [0.3, 0.4) is 0 Å². The Morgan fingerprint density at radius 3 is 2.90 bits per heavy atom. The van der Waals surface area contributed by atoms with E-state index >= 15 is 0 Å². The van der Waals surface area contributed by atoms with Crippen molar-refractivity contribution < 1.29 is 14.2 Å². The first kappa shape index (κ1) is 15.2. The molecule has 2 aromatic rings. The van der Waals surface area contributed by atoms with Gasteiger partial charge in [-0.3, -0.25) is 4.79 Å². The molecule has 6 nitrogen and oxygen atoms in total. The Kier molecular flexibility index (Phi) is 5.10. The van der Waals surface area contributed by atoms with Crippen LogP contribution in [-0.4, -0.2) is 17.3 Å². The molecule has 0 aliphatic rings. The number of oxime groups is 1. The summed E-state index contributed by atoms with van der Waals surface area (Å²) in [5.74, 6) is 0.307. The zero-order chi connectivity index (χ0) is 15.2. The van der Waals surface area contributed by atoms with Crippen LogP contribution >= 0.6 is 15.9 Å². The number of halogens is 1. The van der Waals surface area contributed by atoms with Gasteiger partial charge in [0.05, 0.1) is 16.9 Å². The van der Waals surface area contributed by atoms with E-state index in [0.29, 0.717) is 11.4 Å². The fraction of sp³-hybridized carbons (Fsp3) is 0.214. The van der Waals surface area contributed by atoms with E-state index in [9.17, 15) is 4.79 Å². The van der Waals surface area contributed by atoms with Gasteiger partial charge in [-0.05, 0) is 41.9 Å². The summed E-state index contributed by atoms with van der Waals surface area (Å²) in [6.07, 6.45) is 1.08. The van der Waals surface area contributed by atoms with Gasteiger partial charge in [0.1, 0.15) is 18.6 Å². The lowest BCUT2D eigenvalue weighted by atomic mass is 10.2. The molecule has 0 fully saturated rings. The number of carbonyl (C=O) groups is 1. The first-order chi connectivity index (χ1) is 10.1. The summed E-state index contributed by atoms with van der Waals surface area (Å²) in [5, 5.41) is 10.1. The maximum atomic E-state index is 11.7. The van der Waals surface area contributed by atoms with Crippen molar-refractivity contribution in [2.45, 2.75) is 20.5 Å². The van der Waals surface area contributed by atoms with Gasteiger partial charge in [0.2, 0.25) is 0 Å². The van der Waals surface area contributed by atoms with Crippen molar-refractivity contribution in [2.24, 2.45) is 5.16 Å². The van der Waals surface area contributed by atoms with E-state index in [1.165, 1.54) is 0 Å². The molecule has 0 radical (unpaired) electrons. The van der Waals surface area contributed by atoms with E-state index in [0.717, 1.165) is 21.9 Å². The molecular weight excluding hydrogens is 338 g/mol. The first-order valence-corrected chi connectivity index (χ1v) is 7.00. The molecule has 1 heterocycles. The highest BCUT2D eigenvalue weighted by atomic mass is 79.9. The average molecular weight is 352 g/mol. The minimum absolute atomic E-state index is 0.208. The third-order valence-corrected chi connectivity index (χ3v) is 3.46. The van der Waals surface area contributed by atoms with E-state index in [4.69, 9.17) is 9.36 Å². The number of nitrogens with zero attached hydrogens (tertiary/aromatic N) is 2. The van der Waals surface area contributed by atoms with Crippen LogP contribution in [0.2, 0.25) is 0 Å². The summed E-state index contributed by atoms with van der Waals surface area (Å²) >= 11 is 3.34. The lowest BCUT2D eigenvalue weighted by Gasteiger charge is -2.03. The SMILES string of the molecule is Cc1noc(C)c1CO/N=C/C(=O)Nc1ccccc1Br. The summed E-state index contributed by atoms with van der Waals surface area (Å²) in [4.78, 5) is 16.7. The molecule has 0 unspecified atom stereocenters. The summed E-state index contributed by atoms with van der Waals surface area (Å²) in [7, 11) is 0. The molecular formula is C14H14BrN3O3. The van der Waals surface area contributed by atoms with Crippen molar-refractivity contribution in [1.29, 1.82) is 0 Å². The Morgan fingerprint density at radius 2 is 2.24 bits per heavy atom. The lowest BCUT2D eigenvalue weighted by Crippen LogP contribution is -2.13. The summed E-state index contributed by atoms with van der Waals surface area (Å²) in [5.41, 5.74) is 2.25. The van der Waals surface area contributed by atoms with Crippen molar-refractivity contribution in [1.82, 2.24) is 5.16 Å². The van der Waals surface area contributed by atoms with Crippen LogP contribution < -0.4 is 5.32 Å². The number of para-hydroxylation sites is 1. The van der Waals surface area contributed by atoms with Crippen LogP contribution in [0.5, 0.6) is 0 Å². The Labute approximate surface area is 130 Å². The molecule has 0 bridgehead atoms. The van der Waals surface area contributed by atoms with Gasteiger partial charge in [-0.25, -0.2) is 0 Å². The number of aryl methyl sites for hydroxylation is 2. The topological polar surface area (TPSA) is 76.7 Å². The van der Waals surface area contributed by atoms with Crippen LogP contribution in [0, 0.1) is 13.8 Å². The van der Waals surface area contributed by atoms with Gasteiger partial charge < -0.3 is 14.7 Å². The molecule has 0 aliphatic heterocycles. The van der Waals surface area contributed by atoms with Crippen molar-refractivity contribution in [3.8, 4) is 0 Å². The van der Waals surface area contributed by atoms with Gasteiger partial charge >= 0.3 is 0 Å². The predicted octanol–water partition coefficient (Wildman–Crippen LogP) is 3.20. The number of carbonyl (C=O) groups excluding carboxylic acids is 1. The molecule has 21 heavy (non-hydrogen) atoms. The second-order valence-electron chi connectivity index (χ2n) is 4.28. The molecule has 0 atom stereocenters. The molecule has 0 saturated carbocycles. The van der Waals surface area contributed by atoms with E-state index in [-0.39, 0.29) is 12.5 Å². The van der Waals surface area contributed by atoms with Gasteiger partial charge in [-0.15, -0.1) is 0 Å². The van der Waals surface area contributed by atoms with Crippen LogP contribution in [0.1, 0.15) is 17.0 Å². The van der Waals surface area contributed by atoms with Crippen molar-refractivity contribution in [2.75, 3.05) is 5.32 Å². The predicted molar refractivity (Wildman–Crippen MR) is 82.0 cm³/mol. The molecule has 0 spiro atoms. The number of aromatic nitrogens is 1. The van der Waals surface area contributed by atoms with Crippen LogP contribution in [0.15, 0.2) is 38.4 Å². The number of anilines is 1. The molecule has 1 aromatic carbocycles. The first-order valence-electron chi connectivity index (χ1n) is 6.20. The fourth-order valence-corrected chi connectivity index (χ4v) is 2.01. The average Bonchev–Trinajstić information content (AvgIpc) is 2.77. The highest BCUT2D eigenvalue weighted by Crippen LogP contribution is 2.20. The quantitative estimate of drug-likeness (QED) is 0.662. The monoisotopic (exact) mass is 351 g/mol. The number of rotatable bonds is 5. The van der Waals surface area contributed by atoms with Crippen LogP contribution in [0.25, 0.3) is 0 Å². The third-order valence-electron chi connectivity index (χ3n) is 2.77. The largest absolute Gasteiger partial charge is 0.391 e. The Morgan fingerprint density at radius 1 is 1.48 bits per heavy atom. The Hall–Kier alpha value is -2.15. The third kappa shape index (κ3) is 4.16. The van der Waals surface area contributed by atoms with E-state index < -0.39 is 0 Å². The summed E-state index contributed by atoms with van der Waals surface area (Å²) in [6.45, 7) is 3.82. The van der Waals surface area contributed by atoms with Crippen LogP contribution in [-0.2, 0) is 16.2 Å².